The number of esters is 3. The topological polar surface area (TPSA) is 231 Å². The maximum absolute atomic E-state index is 13.0. The van der Waals surface area contributed by atoms with Gasteiger partial charge in [-0.1, -0.05) is 323 Å². The lowest BCUT2D eigenvalue weighted by Gasteiger charge is -2.21. The predicted molar refractivity (Wildman–Crippen MR) is 417 cm³/mol. The monoisotopic (exact) mass is 1460 g/mol. The van der Waals surface area contributed by atoms with Gasteiger partial charge in [0.2, 0.25) is 0 Å². The summed E-state index contributed by atoms with van der Waals surface area (Å²) in [6.45, 7) is 2.65. The van der Waals surface area contributed by atoms with E-state index in [9.17, 15) is 43.5 Å². The van der Waals surface area contributed by atoms with Gasteiger partial charge in [-0.3, -0.25) is 32.5 Å². The molecule has 16 nitrogen and oxygen atoms in total. The molecule has 586 valence electrons. The van der Waals surface area contributed by atoms with Gasteiger partial charge in [0.15, 0.2) is 6.10 Å². The second kappa shape index (κ2) is 76.1. The minimum Gasteiger partial charge on any atom is -0.463 e. The molecule has 0 aromatic carbocycles. The van der Waals surface area contributed by atoms with Gasteiger partial charge in [-0.25, -0.2) is 9.13 Å². The number of rotatable bonds is 77. The van der Waals surface area contributed by atoms with E-state index in [4.69, 9.17) is 32.3 Å². The van der Waals surface area contributed by atoms with Crippen LogP contribution in [0.3, 0.4) is 0 Å². The quantitative estimate of drug-likeness (QED) is 0.0146. The summed E-state index contributed by atoms with van der Waals surface area (Å²) >= 11 is 0. The average Bonchev–Trinajstić information content (AvgIpc) is 0.933. The predicted octanol–water partition coefficient (Wildman–Crippen LogP) is 23.8. The number of hydrogen-bond acceptors (Lipinski definition) is 14. The molecule has 0 aliphatic carbocycles. The van der Waals surface area contributed by atoms with Crippen molar-refractivity contribution < 1.29 is 75.8 Å². The largest absolute Gasteiger partial charge is 0.472 e. The van der Waals surface area contributed by atoms with E-state index < -0.39 is 91.5 Å². The molecule has 0 saturated carbocycles. The number of phosphoric ester groups is 2. The highest BCUT2D eigenvalue weighted by molar-refractivity contribution is 7.47. The zero-order valence-corrected chi connectivity index (χ0v) is 65.9. The number of unbranched alkanes of at least 4 members (excludes halogenated alkanes) is 38. The maximum atomic E-state index is 13.0. The zero-order valence-electron chi connectivity index (χ0n) is 64.1. The number of ether oxygens (including phenoxy) is 3. The van der Waals surface area contributed by atoms with Gasteiger partial charge in [0.1, 0.15) is 25.4 Å². The lowest BCUT2D eigenvalue weighted by molar-refractivity contribution is -0.161. The average molecular weight is 1460 g/mol. The summed E-state index contributed by atoms with van der Waals surface area (Å²) in [7, 11) is -9.78. The fraction of sp³-hybridized carbons (Fsp3) is 0.771. The number of aliphatic hydroxyl groups excluding tert-OH is 2. The smallest absolute Gasteiger partial charge is 0.463 e. The summed E-state index contributed by atoms with van der Waals surface area (Å²) in [6, 6.07) is 0. The van der Waals surface area contributed by atoms with Crippen LogP contribution in [0.4, 0.5) is 0 Å². The third-order valence-electron chi connectivity index (χ3n) is 17.3. The third kappa shape index (κ3) is 77.4. The normalized spacial score (nSPS) is 14.5. The molecule has 18 heteroatoms. The number of hydrogen-bond donors (Lipinski definition) is 4. The third-order valence-corrected chi connectivity index (χ3v) is 19.2. The van der Waals surface area contributed by atoms with E-state index in [0.717, 1.165) is 135 Å². The standard InChI is InChI=1S/C83H148O16P2/c1-4-7-10-13-16-19-22-25-27-29-31-33-35-36-37-38-39-40-42-44-45-47-49-52-54-57-60-63-66-69-81(86)93-72-78(84)73-95-100(89,90)96-74-79(85)75-97-101(91,92)98-77-80(99-83(88)71-68-65-62-59-56-51-24-21-18-15-12-9-6-3)76-94-82(87)70-67-64-61-58-55-53-50-48-46-43-41-34-32-30-28-26-23-20-17-14-11-8-5-2/h16-17,19-20,25-28,31-34,36-37,43,46,78-80,84-85H,4-15,18,21-24,29-30,35,38-42,44-45,47-77H2,1-3H3,(H,89,90)(H,91,92)/b19-16-,20-17-,27-25-,28-26-,33-31-,34-32-,37-36-,46-43-. The van der Waals surface area contributed by atoms with Crippen LogP contribution in [-0.4, -0.2) is 95.9 Å². The Hall–Kier alpha value is -3.53. The van der Waals surface area contributed by atoms with Crippen LogP contribution in [-0.2, 0) is 55.8 Å². The lowest BCUT2D eigenvalue weighted by atomic mass is 10.0. The van der Waals surface area contributed by atoms with Crippen LogP contribution in [0.2, 0.25) is 0 Å². The van der Waals surface area contributed by atoms with E-state index in [-0.39, 0.29) is 19.3 Å². The van der Waals surface area contributed by atoms with Crippen molar-refractivity contribution in [2.24, 2.45) is 0 Å². The summed E-state index contributed by atoms with van der Waals surface area (Å²) in [5, 5.41) is 20.6. The Morgan fingerprint density at radius 2 is 0.495 bits per heavy atom. The Balaban J connectivity index is 4.48. The van der Waals surface area contributed by atoms with Crippen molar-refractivity contribution in [3.05, 3.63) is 97.2 Å². The fourth-order valence-electron chi connectivity index (χ4n) is 11.1. The molecule has 0 bridgehead atoms. The van der Waals surface area contributed by atoms with Gasteiger partial charge in [0.05, 0.1) is 26.4 Å². The highest BCUT2D eigenvalue weighted by Gasteiger charge is 2.29. The van der Waals surface area contributed by atoms with Gasteiger partial charge in [0.25, 0.3) is 0 Å². The van der Waals surface area contributed by atoms with Crippen LogP contribution < -0.4 is 0 Å². The van der Waals surface area contributed by atoms with Crippen molar-refractivity contribution in [1.29, 1.82) is 0 Å². The summed E-state index contributed by atoms with van der Waals surface area (Å²) in [4.78, 5) is 58.6. The Morgan fingerprint density at radius 3 is 0.802 bits per heavy atom. The van der Waals surface area contributed by atoms with E-state index in [1.54, 1.807) is 0 Å². The van der Waals surface area contributed by atoms with Crippen molar-refractivity contribution in [1.82, 2.24) is 0 Å². The Morgan fingerprint density at radius 1 is 0.277 bits per heavy atom. The van der Waals surface area contributed by atoms with E-state index in [0.29, 0.717) is 19.3 Å². The first kappa shape index (κ1) is 97.5. The molecule has 5 atom stereocenters. The maximum Gasteiger partial charge on any atom is 0.472 e. The lowest BCUT2D eigenvalue weighted by Crippen LogP contribution is -2.30. The molecule has 101 heavy (non-hydrogen) atoms. The SMILES string of the molecule is CCCCC/C=C\C/C=C\C/C=C\C/C=C\CCCCCCCCCCCCCCCC(=O)OCC(O)COP(=O)(O)OCC(O)COP(=O)(O)OCC(COC(=O)CCCCCCCCC/C=C\C/C=C\C/C=C\C/C=C\CCCCC)OC(=O)CCCCCCCCCCCCCCC. The number of carbonyl (C=O) groups excluding carboxylic acids is 3. The van der Waals surface area contributed by atoms with Crippen molar-refractivity contribution in [2.75, 3.05) is 39.6 Å². The Bertz CT molecular complexity index is 2220. The molecular formula is C83H148O16P2. The molecule has 0 aliphatic heterocycles. The van der Waals surface area contributed by atoms with Crippen LogP contribution in [0.1, 0.15) is 355 Å². The number of aliphatic hydroxyl groups is 2. The van der Waals surface area contributed by atoms with Crippen LogP contribution in [0.5, 0.6) is 0 Å². The highest BCUT2D eigenvalue weighted by Crippen LogP contribution is 2.45. The van der Waals surface area contributed by atoms with Gasteiger partial charge in [-0.05, 0) is 109 Å². The number of allylic oxidation sites excluding steroid dienone is 16. The Kier molecular flexibility index (Phi) is 73.5. The molecule has 0 spiro atoms. The zero-order chi connectivity index (χ0) is 73.7. The van der Waals surface area contributed by atoms with Crippen LogP contribution in [0.15, 0.2) is 97.2 Å². The van der Waals surface area contributed by atoms with Gasteiger partial charge in [-0.15, -0.1) is 0 Å². The van der Waals surface area contributed by atoms with E-state index in [2.05, 4.69) is 118 Å². The second-order valence-electron chi connectivity index (χ2n) is 27.2. The number of carbonyl (C=O) groups is 3. The van der Waals surface area contributed by atoms with Crippen molar-refractivity contribution >= 4 is 33.6 Å². The highest BCUT2D eigenvalue weighted by atomic mass is 31.2. The summed E-state index contributed by atoms with van der Waals surface area (Å²) in [5.41, 5.74) is 0. The van der Waals surface area contributed by atoms with Gasteiger partial charge < -0.3 is 34.2 Å². The molecule has 0 fully saturated rings. The molecule has 0 amide bonds. The minimum atomic E-state index is -4.93. The van der Waals surface area contributed by atoms with Crippen LogP contribution in [0, 0.1) is 0 Å². The van der Waals surface area contributed by atoms with Crippen LogP contribution in [0.25, 0.3) is 0 Å². The molecule has 0 heterocycles. The molecule has 4 N–H and O–H groups in total. The van der Waals surface area contributed by atoms with E-state index in [1.165, 1.54) is 161 Å². The van der Waals surface area contributed by atoms with Crippen LogP contribution >= 0.6 is 15.6 Å². The van der Waals surface area contributed by atoms with E-state index in [1.807, 2.05) is 0 Å². The summed E-state index contributed by atoms with van der Waals surface area (Å²) in [5.74, 6) is -1.57. The second-order valence-corrected chi connectivity index (χ2v) is 30.1. The van der Waals surface area contributed by atoms with Crippen molar-refractivity contribution in [3.63, 3.8) is 0 Å². The molecule has 5 unspecified atom stereocenters. The van der Waals surface area contributed by atoms with Crippen molar-refractivity contribution in [2.45, 2.75) is 373 Å². The fourth-order valence-corrected chi connectivity index (χ4v) is 12.7. The Labute approximate surface area is 616 Å². The minimum absolute atomic E-state index is 0.105. The molecule has 0 aliphatic rings. The van der Waals surface area contributed by atoms with Gasteiger partial charge in [-0.2, -0.15) is 0 Å². The molecule has 0 rings (SSSR count). The van der Waals surface area contributed by atoms with Gasteiger partial charge >= 0.3 is 33.6 Å². The molecular weight excluding hydrogens is 1310 g/mol. The number of phosphoric acid groups is 2. The first-order valence-corrected chi connectivity index (χ1v) is 43.5. The van der Waals surface area contributed by atoms with Crippen molar-refractivity contribution in [3.8, 4) is 0 Å². The molecule has 0 aromatic rings. The van der Waals surface area contributed by atoms with E-state index >= 15 is 0 Å². The molecule has 0 radical (unpaired) electrons. The molecule has 0 saturated heterocycles. The first-order chi connectivity index (χ1) is 49.2. The molecule has 0 aromatic heterocycles. The first-order valence-electron chi connectivity index (χ1n) is 40.5. The van der Waals surface area contributed by atoms with Gasteiger partial charge in [0, 0.05) is 19.3 Å². The summed E-state index contributed by atoms with van der Waals surface area (Å²) in [6.07, 6.45) is 87.4. The summed E-state index contributed by atoms with van der Waals surface area (Å²) < 4.78 is 61.2.